The number of nitrogens with zero attached hydrogens (tertiary/aromatic N) is 1. The van der Waals surface area contributed by atoms with Crippen LogP contribution in [0, 0.1) is 0 Å². The van der Waals surface area contributed by atoms with Crippen LogP contribution in [0.5, 0.6) is 0 Å². The van der Waals surface area contributed by atoms with Crippen LogP contribution in [0.2, 0.25) is 0 Å². The largest absolute Gasteiger partial charge is 0.355 e. The summed E-state index contributed by atoms with van der Waals surface area (Å²) < 4.78 is 0. The third kappa shape index (κ3) is 11.5. The van der Waals surface area contributed by atoms with Crippen LogP contribution in [-0.2, 0) is 4.79 Å². The fourth-order valence-electron chi connectivity index (χ4n) is 1.19. The van der Waals surface area contributed by atoms with Crippen LogP contribution >= 0.6 is 0 Å². The van der Waals surface area contributed by atoms with E-state index in [0.717, 1.165) is 25.9 Å². The van der Waals surface area contributed by atoms with E-state index in [1.807, 2.05) is 0 Å². The number of rotatable bonds is 7. The van der Waals surface area contributed by atoms with Gasteiger partial charge in [0.15, 0.2) is 0 Å². The van der Waals surface area contributed by atoms with E-state index in [1.165, 1.54) is 0 Å². The van der Waals surface area contributed by atoms with Gasteiger partial charge in [0, 0.05) is 12.1 Å². The molecule has 0 aromatic rings. The van der Waals surface area contributed by atoms with E-state index >= 15 is 0 Å². The molecule has 0 rings (SSSR count). The number of hydrogen-bond acceptors (Lipinski definition) is 3. The first-order chi connectivity index (χ1) is 7.31. The molecule has 0 aromatic heterocycles. The van der Waals surface area contributed by atoms with Crippen LogP contribution in [0.25, 0.3) is 0 Å². The van der Waals surface area contributed by atoms with Crippen molar-refractivity contribution in [2.75, 3.05) is 33.7 Å². The van der Waals surface area contributed by atoms with Crippen LogP contribution in [0.15, 0.2) is 0 Å². The summed E-state index contributed by atoms with van der Waals surface area (Å²) in [6, 6.07) is 0. The number of hydrogen-bond donors (Lipinski definition) is 2. The first-order valence-electron chi connectivity index (χ1n) is 5.98. The maximum Gasteiger partial charge on any atom is 0.233 e. The van der Waals surface area contributed by atoms with Crippen LogP contribution < -0.4 is 10.6 Å². The molecule has 4 heteroatoms. The van der Waals surface area contributed by atoms with Crippen molar-refractivity contribution in [1.29, 1.82) is 0 Å². The van der Waals surface area contributed by atoms with Crippen LogP contribution in [0.1, 0.15) is 33.6 Å². The van der Waals surface area contributed by atoms with Gasteiger partial charge in [-0.25, -0.2) is 0 Å². The zero-order valence-electron chi connectivity index (χ0n) is 11.4. The average Bonchev–Trinajstić information content (AvgIpc) is 2.12. The highest BCUT2D eigenvalue weighted by Gasteiger charge is 2.10. The lowest BCUT2D eigenvalue weighted by molar-refractivity contribution is -0.120. The summed E-state index contributed by atoms with van der Waals surface area (Å²) in [6.07, 6.45) is 2.17. The Morgan fingerprint density at radius 3 is 2.31 bits per heavy atom. The molecule has 0 bridgehead atoms. The van der Waals surface area contributed by atoms with Crippen molar-refractivity contribution in [2.45, 2.75) is 39.2 Å². The van der Waals surface area contributed by atoms with Crippen molar-refractivity contribution >= 4 is 5.91 Å². The van der Waals surface area contributed by atoms with Crippen molar-refractivity contribution in [1.82, 2.24) is 15.5 Å². The van der Waals surface area contributed by atoms with Gasteiger partial charge in [-0.05, 0) is 54.3 Å². The van der Waals surface area contributed by atoms with Crippen molar-refractivity contribution in [3.05, 3.63) is 0 Å². The number of unbranched alkanes of at least 4 members (excludes halogenated alkanes) is 1. The van der Waals surface area contributed by atoms with Crippen molar-refractivity contribution in [2.24, 2.45) is 0 Å². The van der Waals surface area contributed by atoms with Crippen LogP contribution in [0.3, 0.4) is 0 Å². The average molecular weight is 229 g/mol. The highest BCUT2D eigenvalue weighted by atomic mass is 16.1. The molecule has 0 unspecified atom stereocenters. The second-order valence-electron chi connectivity index (χ2n) is 5.46. The molecule has 16 heavy (non-hydrogen) atoms. The Labute approximate surface area is 99.8 Å². The first kappa shape index (κ1) is 15.4. The minimum atomic E-state index is 0.00224. The molecule has 0 saturated heterocycles. The van der Waals surface area contributed by atoms with Gasteiger partial charge in [-0.15, -0.1) is 0 Å². The van der Waals surface area contributed by atoms with E-state index < -0.39 is 0 Å². The summed E-state index contributed by atoms with van der Waals surface area (Å²) >= 11 is 0. The molecule has 0 atom stereocenters. The number of amides is 1. The van der Waals surface area contributed by atoms with Gasteiger partial charge in [-0.1, -0.05) is 0 Å². The normalized spacial score (nSPS) is 11.9. The van der Waals surface area contributed by atoms with Gasteiger partial charge in [0.2, 0.25) is 5.91 Å². The molecular formula is C12H27N3O. The van der Waals surface area contributed by atoms with Crippen molar-refractivity contribution < 1.29 is 4.79 Å². The summed E-state index contributed by atoms with van der Waals surface area (Å²) in [5.41, 5.74) is 0.00224. The summed E-state index contributed by atoms with van der Waals surface area (Å²) in [7, 11) is 4.12. The minimum absolute atomic E-state index is 0.00224. The second-order valence-corrected chi connectivity index (χ2v) is 5.46. The summed E-state index contributed by atoms with van der Waals surface area (Å²) in [5, 5.41) is 6.07. The lowest BCUT2D eigenvalue weighted by Crippen LogP contribution is -2.43. The molecule has 96 valence electrons. The van der Waals surface area contributed by atoms with Crippen molar-refractivity contribution in [3.63, 3.8) is 0 Å². The molecule has 0 heterocycles. The fourth-order valence-corrected chi connectivity index (χ4v) is 1.19. The molecule has 0 saturated carbocycles. The van der Waals surface area contributed by atoms with E-state index in [9.17, 15) is 4.79 Å². The minimum Gasteiger partial charge on any atom is -0.355 e. The van der Waals surface area contributed by atoms with E-state index in [1.54, 1.807) is 0 Å². The van der Waals surface area contributed by atoms with Gasteiger partial charge in [0.25, 0.3) is 0 Å². The molecule has 0 aromatic carbocycles. The van der Waals surface area contributed by atoms with E-state index in [2.05, 4.69) is 50.4 Å². The zero-order valence-corrected chi connectivity index (χ0v) is 11.4. The quantitative estimate of drug-likeness (QED) is 0.636. The monoisotopic (exact) mass is 229 g/mol. The molecular weight excluding hydrogens is 202 g/mol. The third-order valence-electron chi connectivity index (χ3n) is 2.13. The lowest BCUT2D eigenvalue weighted by Gasteiger charge is -2.20. The van der Waals surface area contributed by atoms with Gasteiger partial charge in [-0.3, -0.25) is 4.79 Å². The van der Waals surface area contributed by atoms with E-state index in [0.29, 0.717) is 6.54 Å². The maximum absolute atomic E-state index is 11.4. The summed E-state index contributed by atoms with van der Waals surface area (Å²) in [5.74, 6) is 0.0831. The Morgan fingerprint density at radius 2 is 1.81 bits per heavy atom. The van der Waals surface area contributed by atoms with Gasteiger partial charge in [0.1, 0.15) is 0 Å². The fraction of sp³-hybridized carbons (Fsp3) is 0.917. The summed E-state index contributed by atoms with van der Waals surface area (Å²) in [4.78, 5) is 13.6. The Balaban J connectivity index is 3.38. The number of nitrogens with one attached hydrogen (secondary N) is 2. The molecule has 0 fully saturated rings. The van der Waals surface area contributed by atoms with Crippen LogP contribution in [-0.4, -0.2) is 50.1 Å². The smallest absolute Gasteiger partial charge is 0.233 e. The van der Waals surface area contributed by atoms with Gasteiger partial charge >= 0.3 is 0 Å². The first-order valence-corrected chi connectivity index (χ1v) is 5.98. The Morgan fingerprint density at radius 1 is 1.19 bits per heavy atom. The van der Waals surface area contributed by atoms with Crippen LogP contribution in [0.4, 0.5) is 0 Å². The topological polar surface area (TPSA) is 44.4 Å². The number of carbonyl (C=O) groups excluding carboxylic acids is 1. The predicted octanol–water partition coefficient (Wildman–Crippen LogP) is 0.833. The predicted molar refractivity (Wildman–Crippen MR) is 68.6 cm³/mol. The highest BCUT2D eigenvalue weighted by molar-refractivity contribution is 5.78. The van der Waals surface area contributed by atoms with Gasteiger partial charge in [-0.2, -0.15) is 0 Å². The van der Waals surface area contributed by atoms with Gasteiger partial charge in [0.05, 0.1) is 6.54 Å². The zero-order chi connectivity index (χ0) is 12.6. The second kappa shape index (κ2) is 7.63. The Bertz CT molecular complexity index is 197. The molecule has 0 aliphatic heterocycles. The van der Waals surface area contributed by atoms with Crippen molar-refractivity contribution in [3.8, 4) is 0 Å². The molecule has 2 N–H and O–H groups in total. The molecule has 4 nitrogen and oxygen atoms in total. The SMILES string of the molecule is CN(C)CCCCNC(=O)CNC(C)(C)C. The molecule has 0 radical (unpaired) electrons. The number of carbonyl (C=O) groups is 1. The molecule has 1 amide bonds. The standard InChI is InChI=1S/C12H27N3O/c1-12(2,3)14-10-11(16)13-8-6-7-9-15(4)5/h14H,6-10H2,1-5H3,(H,13,16). The van der Waals surface area contributed by atoms with Gasteiger partial charge < -0.3 is 15.5 Å². The molecule has 0 aliphatic rings. The van der Waals surface area contributed by atoms with E-state index in [4.69, 9.17) is 0 Å². The Hall–Kier alpha value is -0.610. The van der Waals surface area contributed by atoms with E-state index in [-0.39, 0.29) is 11.4 Å². The highest BCUT2D eigenvalue weighted by Crippen LogP contribution is 1.96. The molecule has 0 aliphatic carbocycles. The third-order valence-corrected chi connectivity index (χ3v) is 2.13. The maximum atomic E-state index is 11.4. The lowest BCUT2D eigenvalue weighted by atomic mass is 10.1. The molecule has 0 spiro atoms. The Kier molecular flexibility index (Phi) is 7.34. The summed E-state index contributed by atoms with van der Waals surface area (Å²) in [6.45, 7) is 8.41.